The Balaban J connectivity index is 2.18. The van der Waals surface area contributed by atoms with Gasteiger partial charge in [0.1, 0.15) is 0 Å². The van der Waals surface area contributed by atoms with E-state index in [0.717, 1.165) is 18.4 Å². The molecule has 4 nitrogen and oxygen atoms in total. The number of halogens is 1. The number of nitrogens with two attached hydrogens (primary N) is 1. The predicted molar refractivity (Wildman–Crippen MR) is 87.4 cm³/mol. The highest BCUT2D eigenvalue weighted by molar-refractivity contribution is 7.92. The van der Waals surface area contributed by atoms with Crippen molar-refractivity contribution in [3.63, 3.8) is 0 Å². The Kier molecular flexibility index (Phi) is 5.43. The number of sulfonamides is 1. The fraction of sp³-hybridized carbons (Fsp3) is 0.467. The minimum Gasteiger partial charge on any atom is -0.329 e. The van der Waals surface area contributed by atoms with Crippen molar-refractivity contribution in [1.82, 2.24) is 4.31 Å². The summed E-state index contributed by atoms with van der Waals surface area (Å²) in [4.78, 5) is 0. The van der Waals surface area contributed by atoms with Crippen LogP contribution in [0.15, 0.2) is 29.7 Å². The average Bonchev–Trinajstić information content (AvgIpc) is 2.46. The molecule has 6 heteroatoms. The van der Waals surface area contributed by atoms with Gasteiger partial charge in [-0.3, -0.25) is 0 Å². The van der Waals surface area contributed by atoms with E-state index >= 15 is 0 Å². The highest BCUT2D eigenvalue weighted by Gasteiger charge is 2.34. The van der Waals surface area contributed by atoms with Crippen molar-refractivity contribution in [2.45, 2.75) is 25.8 Å². The quantitative estimate of drug-likeness (QED) is 0.924. The molecule has 1 saturated heterocycles. The molecule has 116 valence electrons. The maximum atomic E-state index is 12.5. The van der Waals surface area contributed by atoms with Crippen molar-refractivity contribution in [2.24, 2.45) is 11.7 Å². The van der Waals surface area contributed by atoms with Gasteiger partial charge in [-0.1, -0.05) is 30.7 Å². The first-order valence-electron chi connectivity index (χ1n) is 7.09. The molecule has 0 amide bonds. The number of rotatable bonds is 4. The van der Waals surface area contributed by atoms with Crippen LogP contribution in [0.3, 0.4) is 0 Å². The van der Waals surface area contributed by atoms with Crippen molar-refractivity contribution in [2.75, 3.05) is 13.1 Å². The summed E-state index contributed by atoms with van der Waals surface area (Å²) in [5.74, 6) is 0.294. The summed E-state index contributed by atoms with van der Waals surface area (Å²) in [6.45, 7) is 2.96. The van der Waals surface area contributed by atoms with Gasteiger partial charge in [-0.2, -0.15) is 4.31 Å². The van der Waals surface area contributed by atoms with Crippen LogP contribution in [0, 0.1) is 5.92 Å². The van der Waals surface area contributed by atoms with E-state index < -0.39 is 10.0 Å². The molecule has 2 N–H and O–H groups in total. The first-order valence-corrected chi connectivity index (χ1v) is 8.98. The molecular weight excluding hydrogens is 308 g/mol. The van der Waals surface area contributed by atoms with Crippen molar-refractivity contribution in [3.8, 4) is 0 Å². The molecule has 0 radical (unpaired) electrons. The summed E-state index contributed by atoms with van der Waals surface area (Å²) in [7, 11) is -3.45. The van der Waals surface area contributed by atoms with Crippen molar-refractivity contribution in [3.05, 3.63) is 40.3 Å². The summed E-state index contributed by atoms with van der Waals surface area (Å²) < 4.78 is 26.5. The van der Waals surface area contributed by atoms with Gasteiger partial charge >= 0.3 is 0 Å². The average molecular weight is 329 g/mol. The summed E-state index contributed by atoms with van der Waals surface area (Å²) >= 11 is 5.81. The van der Waals surface area contributed by atoms with Crippen molar-refractivity contribution in [1.29, 1.82) is 0 Å². The van der Waals surface area contributed by atoms with E-state index in [1.807, 2.05) is 0 Å². The predicted octanol–water partition coefficient (Wildman–Crippen LogP) is 2.70. The van der Waals surface area contributed by atoms with Crippen molar-refractivity contribution < 1.29 is 8.42 Å². The van der Waals surface area contributed by atoms with E-state index in [4.69, 9.17) is 17.3 Å². The summed E-state index contributed by atoms with van der Waals surface area (Å²) in [6, 6.07) is 6.93. The second-order valence-electron chi connectivity index (χ2n) is 5.43. The number of hydrogen-bond acceptors (Lipinski definition) is 3. The smallest absolute Gasteiger partial charge is 0.236 e. The maximum Gasteiger partial charge on any atom is 0.236 e. The van der Waals surface area contributed by atoms with E-state index in [1.165, 1.54) is 9.71 Å². The SMILES string of the molecule is CC1CCCN(S(=O)(=O)C=Cc2ccc(Cl)cc2)C1CN. The molecule has 2 atom stereocenters. The number of hydrogen-bond donors (Lipinski definition) is 1. The van der Waals surface area contributed by atoms with Gasteiger partial charge in [0.2, 0.25) is 10.0 Å². The third kappa shape index (κ3) is 4.07. The third-order valence-electron chi connectivity index (χ3n) is 3.94. The molecule has 1 aliphatic rings. The molecule has 1 heterocycles. The highest BCUT2D eigenvalue weighted by Crippen LogP contribution is 2.26. The molecule has 1 aromatic carbocycles. The van der Waals surface area contributed by atoms with Crippen LogP contribution in [-0.2, 0) is 10.0 Å². The lowest BCUT2D eigenvalue weighted by molar-refractivity contribution is 0.194. The van der Waals surface area contributed by atoms with Crippen LogP contribution in [0.1, 0.15) is 25.3 Å². The minimum atomic E-state index is -3.45. The molecule has 21 heavy (non-hydrogen) atoms. The molecule has 0 bridgehead atoms. The van der Waals surface area contributed by atoms with Crippen LogP contribution < -0.4 is 5.73 Å². The lowest BCUT2D eigenvalue weighted by atomic mass is 9.93. The third-order valence-corrected chi connectivity index (χ3v) is 5.77. The Labute approximate surface area is 131 Å². The molecular formula is C15H21ClN2O2S. The summed E-state index contributed by atoms with van der Waals surface area (Å²) in [6.07, 6.45) is 3.50. The topological polar surface area (TPSA) is 63.4 Å². The van der Waals surface area contributed by atoms with Gasteiger partial charge < -0.3 is 5.73 Å². The van der Waals surface area contributed by atoms with E-state index in [9.17, 15) is 8.42 Å². The molecule has 1 aliphatic heterocycles. The van der Waals surface area contributed by atoms with Gasteiger partial charge in [0.15, 0.2) is 0 Å². The van der Waals surface area contributed by atoms with Crippen LogP contribution in [0.2, 0.25) is 5.02 Å². The standard InChI is InChI=1S/C15H21ClN2O2S/c1-12-3-2-9-18(15(12)11-17)21(19,20)10-8-13-4-6-14(16)7-5-13/h4-8,10,12,15H,2-3,9,11,17H2,1H3. The molecule has 2 rings (SSSR count). The summed E-state index contributed by atoms with van der Waals surface area (Å²) in [5, 5.41) is 1.89. The largest absolute Gasteiger partial charge is 0.329 e. The van der Waals surface area contributed by atoms with Gasteiger partial charge in [0.25, 0.3) is 0 Å². The van der Waals surface area contributed by atoms with Crippen LogP contribution >= 0.6 is 11.6 Å². The molecule has 0 aromatic heterocycles. The van der Waals surface area contributed by atoms with Crippen LogP contribution in [-0.4, -0.2) is 31.9 Å². The first kappa shape index (κ1) is 16.5. The Bertz CT molecular complexity index is 599. The van der Waals surface area contributed by atoms with E-state index in [2.05, 4.69) is 6.92 Å². The van der Waals surface area contributed by atoms with E-state index in [0.29, 0.717) is 24.0 Å². The zero-order valence-electron chi connectivity index (χ0n) is 12.1. The Morgan fingerprint density at radius 1 is 1.38 bits per heavy atom. The van der Waals surface area contributed by atoms with E-state index in [-0.39, 0.29) is 6.04 Å². The number of benzene rings is 1. The lowest BCUT2D eigenvalue weighted by Crippen LogP contribution is -2.50. The Hall–Kier alpha value is -0.880. The molecule has 1 aromatic rings. The number of piperidine rings is 1. The number of nitrogens with zero attached hydrogens (tertiary/aromatic N) is 1. The zero-order valence-corrected chi connectivity index (χ0v) is 13.6. The minimum absolute atomic E-state index is 0.112. The lowest BCUT2D eigenvalue weighted by Gasteiger charge is -2.37. The molecule has 1 fully saturated rings. The summed E-state index contributed by atoms with van der Waals surface area (Å²) in [5.41, 5.74) is 6.56. The highest BCUT2D eigenvalue weighted by atomic mass is 35.5. The monoisotopic (exact) mass is 328 g/mol. The first-order chi connectivity index (χ1) is 9.94. The Morgan fingerprint density at radius 2 is 2.05 bits per heavy atom. The Morgan fingerprint density at radius 3 is 2.67 bits per heavy atom. The van der Waals surface area contributed by atoms with Gasteiger partial charge in [0, 0.05) is 29.6 Å². The van der Waals surface area contributed by atoms with Gasteiger partial charge in [-0.15, -0.1) is 0 Å². The van der Waals surface area contributed by atoms with Crippen molar-refractivity contribution >= 4 is 27.7 Å². The zero-order chi connectivity index (χ0) is 15.5. The fourth-order valence-electron chi connectivity index (χ4n) is 2.69. The van der Waals surface area contributed by atoms with Gasteiger partial charge in [0.05, 0.1) is 0 Å². The molecule has 0 aliphatic carbocycles. The second kappa shape index (κ2) is 6.92. The van der Waals surface area contributed by atoms with E-state index in [1.54, 1.807) is 30.3 Å². The molecule has 0 saturated carbocycles. The molecule has 2 unspecified atom stereocenters. The maximum absolute atomic E-state index is 12.5. The fourth-order valence-corrected chi connectivity index (χ4v) is 4.36. The van der Waals surface area contributed by atoms with Crippen LogP contribution in [0.4, 0.5) is 0 Å². The molecule has 0 spiro atoms. The van der Waals surface area contributed by atoms with Gasteiger partial charge in [-0.25, -0.2) is 8.42 Å². The van der Waals surface area contributed by atoms with Gasteiger partial charge in [-0.05, 0) is 42.5 Å². The van der Waals surface area contributed by atoms with Crippen LogP contribution in [0.25, 0.3) is 6.08 Å². The van der Waals surface area contributed by atoms with Crippen LogP contribution in [0.5, 0.6) is 0 Å². The second-order valence-corrected chi connectivity index (χ2v) is 7.64. The normalized spacial score (nSPS) is 24.5.